The molecule has 0 saturated heterocycles. The second-order valence-electron chi connectivity index (χ2n) is 2.37. The lowest BCUT2D eigenvalue weighted by Crippen LogP contribution is -2.05. The van der Waals surface area contributed by atoms with Crippen molar-refractivity contribution in [3.05, 3.63) is 23.8 Å². The quantitative estimate of drug-likeness (QED) is 0.467. The predicted octanol–water partition coefficient (Wildman–Crippen LogP) is 0.535. The Bertz CT molecular complexity index is 349. The number of nitrogens with one attached hydrogen (secondary N) is 1. The van der Waals surface area contributed by atoms with E-state index in [2.05, 4.69) is 5.32 Å². The van der Waals surface area contributed by atoms with Crippen molar-refractivity contribution in [1.29, 1.82) is 0 Å². The molecule has 0 bridgehead atoms. The molecule has 13 heavy (non-hydrogen) atoms. The summed E-state index contributed by atoms with van der Waals surface area (Å²) in [5, 5.41) is 11.0. The molecule has 4 N–H and O–H groups in total. The van der Waals surface area contributed by atoms with Gasteiger partial charge in [-0.05, 0) is 18.2 Å². The smallest absolute Gasteiger partial charge is 0.337 e. The van der Waals surface area contributed by atoms with Crippen molar-refractivity contribution in [3.63, 3.8) is 0 Å². The first-order valence-electron chi connectivity index (χ1n) is 3.48. The average molecular weight is 180 g/mol. The minimum atomic E-state index is -1.13. The lowest BCUT2D eigenvalue weighted by Gasteiger charge is -2.04. The van der Waals surface area contributed by atoms with Gasteiger partial charge in [0, 0.05) is 5.69 Å². The first-order chi connectivity index (χ1) is 6.15. The fourth-order valence-corrected chi connectivity index (χ4v) is 0.928. The minimum absolute atomic E-state index is 0.0212. The molecule has 5 nitrogen and oxygen atoms in total. The molecule has 68 valence electrons. The molecule has 0 unspecified atom stereocenters. The van der Waals surface area contributed by atoms with Crippen molar-refractivity contribution in [1.82, 2.24) is 0 Å². The van der Waals surface area contributed by atoms with Crippen LogP contribution >= 0.6 is 0 Å². The van der Waals surface area contributed by atoms with Crippen LogP contribution in [0.15, 0.2) is 18.2 Å². The molecule has 0 aromatic heterocycles. The molecular formula is C8H8N2O3. The Labute approximate surface area is 74.2 Å². The molecule has 0 fully saturated rings. The Morgan fingerprint density at radius 1 is 1.54 bits per heavy atom. The highest BCUT2D eigenvalue weighted by Crippen LogP contribution is 2.17. The highest BCUT2D eigenvalue weighted by atomic mass is 16.4. The molecule has 1 aromatic carbocycles. The standard InChI is InChI=1S/C8H8N2O3/c9-5-1-2-7(10-4-11)6(3-5)8(12)13/h1-4H,9H2,(H,10,11)(H,12,13). The van der Waals surface area contributed by atoms with Crippen LogP contribution in [-0.4, -0.2) is 17.5 Å². The second kappa shape index (κ2) is 3.57. The van der Waals surface area contributed by atoms with Gasteiger partial charge in [-0.15, -0.1) is 0 Å². The highest BCUT2D eigenvalue weighted by Gasteiger charge is 2.09. The van der Waals surface area contributed by atoms with E-state index in [1.165, 1.54) is 18.2 Å². The van der Waals surface area contributed by atoms with Gasteiger partial charge in [-0.2, -0.15) is 0 Å². The number of nitrogens with two attached hydrogens (primary N) is 1. The number of aromatic carboxylic acids is 1. The van der Waals surface area contributed by atoms with Gasteiger partial charge in [0.05, 0.1) is 11.3 Å². The van der Waals surface area contributed by atoms with Crippen molar-refractivity contribution in [2.45, 2.75) is 0 Å². The molecule has 1 aromatic rings. The third-order valence-corrected chi connectivity index (χ3v) is 1.49. The molecule has 0 radical (unpaired) electrons. The van der Waals surface area contributed by atoms with Gasteiger partial charge < -0.3 is 16.2 Å². The third-order valence-electron chi connectivity index (χ3n) is 1.49. The number of nitrogen functional groups attached to an aromatic ring is 1. The van der Waals surface area contributed by atoms with Gasteiger partial charge in [0.25, 0.3) is 0 Å². The normalized spacial score (nSPS) is 9.23. The Kier molecular flexibility index (Phi) is 2.49. The highest BCUT2D eigenvalue weighted by molar-refractivity contribution is 5.97. The summed E-state index contributed by atoms with van der Waals surface area (Å²) in [6.07, 6.45) is 0.415. The summed E-state index contributed by atoms with van der Waals surface area (Å²) < 4.78 is 0. The van der Waals surface area contributed by atoms with Gasteiger partial charge in [-0.1, -0.05) is 0 Å². The van der Waals surface area contributed by atoms with E-state index in [-0.39, 0.29) is 11.3 Å². The number of hydrogen-bond acceptors (Lipinski definition) is 3. The summed E-state index contributed by atoms with van der Waals surface area (Å²) in [6, 6.07) is 4.24. The Morgan fingerprint density at radius 3 is 2.77 bits per heavy atom. The lowest BCUT2D eigenvalue weighted by molar-refractivity contribution is -0.105. The van der Waals surface area contributed by atoms with Gasteiger partial charge in [0.2, 0.25) is 6.41 Å². The molecular weight excluding hydrogens is 172 g/mol. The maximum absolute atomic E-state index is 10.6. The number of anilines is 2. The predicted molar refractivity (Wildman–Crippen MR) is 47.5 cm³/mol. The van der Waals surface area contributed by atoms with Crippen LogP contribution in [0.5, 0.6) is 0 Å². The summed E-state index contributed by atoms with van der Waals surface area (Å²) in [5.74, 6) is -1.13. The summed E-state index contributed by atoms with van der Waals surface area (Å²) in [7, 11) is 0. The molecule has 1 rings (SSSR count). The number of amides is 1. The van der Waals surface area contributed by atoms with Crippen LogP contribution in [-0.2, 0) is 4.79 Å². The molecule has 0 heterocycles. The van der Waals surface area contributed by atoms with Crippen molar-refractivity contribution in [3.8, 4) is 0 Å². The average Bonchev–Trinajstić information content (AvgIpc) is 2.08. The second-order valence-corrected chi connectivity index (χ2v) is 2.37. The van der Waals surface area contributed by atoms with E-state index in [0.717, 1.165) is 0 Å². The zero-order chi connectivity index (χ0) is 9.84. The van der Waals surface area contributed by atoms with E-state index in [0.29, 0.717) is 12.1 Å². The summed E-state index contributed by atoms with van der Waals surface area (Å²) in [4.78, 5) is 20.7. The molecule has 0 aliphatic rings. The van der Waals surface area contributed by atoms with Crippen LogP contribution in [0.3, 0.4) is 0 Å². The molecule has 0 aliphatic carbocycles. The van der Waals surface area contributed by atoms with Crippen LogP contribution < -0.4 is 11.1 Å². The Balaban J connectivity index is 3.17. The van der Waals surface area contributed by atoms with E-state index in [1.807, 2.05) is 0 Å². The molecule has 5 heteroatoms. The first kappa shape index (κ1) is 9.05. The molecule has 0 saturated carbocycles. The van der Waals surface area contributed by atoms with Crippen LogP contribution in [0.1, 0.15) is 10.4 Å². The third kappa shape index (κ3) is 1.96. The van der Waals surface area contributed by atoms with Gasteiger partial charge in [0.1, 0.15) is 0 Å². The molecule has 1 amide bonds. The van der Waals surface area contributed by atoms with Gasteiger partial charge in [-0.3, -0.25) is 4.79 Å². The summed E-state index contributed by atoms with van der Waals surface area (Å²) >= 11 is 0. The zero-order valence-corrected chi connectivity index (χ0v) is 6.65. The summed E-state index contributed by atoms with van der Waals surface area (Å²) in [6.45, 7) is 0. The van der Waals surface area contributed by atoms with Crippen LogP contribution in [0.4, 0.5) is 11.4 Å². The Morgan fingerprint density at radius 2 is 2.23 bits per heavy atom. The SMILES string of the molecule is Nc1ccc(NC=O)c(C(=O)O)c1. The topological polar surface area (TPSA) is 92.4 Å². The maximum Gasteiger partial charge on any atom is 0.337 e. The van der Waals surface area contributed by atoms with Crippen molar-refractivity contribution < 1.29 is 14.7 Å². The van der Waals surface area contributed by atoms with Gasteiger partial charge in [-0.25, -0.2) is 4.79 Å². The summed E-state index contributed by atoms with van der Waals surface area (Å²) in [5.41, 5.74) is 5.94. The molecule has 0 aliphatic heterocycles. The number of rotatable bonds is 3. The maximum atomic E-state index is 10.6. The molecule has 0 spiro atoms. The van der Waals surface area contributed by atoms with E-state index < -0.39 is 5.97 Å². The van der Waals surface area contributed by atoms with Crippen molar-refractivity contribution in [2.24, 2.45) is 0 Å². The number of carbonyl (C=O) groups excluding carboxylic acids is 1. The number of benzene rings is 1. The van der Waals surface area contributed by atoms with E-state index >= 15 is 0 Å². The number of carbonyl (C=O) groups is 2. The van der Waals surface area contributed by atoms with E-state index in [4.69, 9.17) is 10.8 Å². The number of hydrogen-bond donors (Lipinski definition) is 3. The largest absolute Gasteiger partial charge is 0.478 e. The number of carboxylic acid groups (broad SMARTS) is 1. The van der Waals surface area contributed by atoms with Crippen molar-refractivity contribution >= 4 is 23.8 Å². The van der Waals surface area contributed by atoms with Crippen LogP contribution in [0, 0.1) is 0 Å². The fraction of sp³-hybridized carbons (Fsp3) is 0. The van der Waals surface area contributed by atoms with E-state index in [1.54, 1.807) is 0 Å². The monoisotopic (exact) mass is 180 g/mol. The zero-order valence-electron chi connectivity index (χ0n) is 6.65. The van der Waals surface area contributed by atoms with Crippen molar-refractivity contribution in [2.75, 3.05) is 11.1 Å². The van der Waals surface area contributed by atoms with Crippen LogP contribution in [0.2, 0.25) is 0 Å². The minimum Gasteiger partial charge on any atom is -0.478 e. The molecule has 0 atom stereocenters. The van der Waals surface area contributed by atoms with Gasteiger partial charge >= 0.3 is 5.97 Å². The lowest BCUT2D eigenvalue weighted by atomic mass is 10.1. The van der Waals surface area contributed by atoms with Gasteiger partial charge in [0.15, 0.2) is 0 Å². The number of carboxylic acids is 1. The fourth-order valence-electron chi connectivity index (χ4n) is 0.928. The van der Waals surface area contributed by atoms with E-state index in [9.17, 15) is 9.59 Å². The Hall–Kier alpha value is -2.04. The van der Waals surface area contributed by atoms with Crippen LogP contribution in [0.25, 0.3) is 0 Å². The first-order valence-corrected chi connectivity index (χ1v) is 3.48.